The molecule has 0 atom stereocenters. The molecule has 0 saturated heterocycles. The molecule has 0 aromatic carbocycles. The summed E-state index contributed by atoms with van der Waals surface area (Å²) in [7, 11) is 0. The molecule has 0 radical (unpaired) electrons. The Bertz CT molecular complexity index is 275. The summed E-state index contributed by atoms with van der Waals surface area (Å²) >= 11 is 0. The maximum Gasteiger partial charge on any atom is 0.248 e. The maximum atomic E-state index is 10.7. The Morgan fingerprint density at radius 2 is 1.92 bits per heavy atom. The fraction of sp³-hybridized carbons (Fsp3) is 0.500. The third kappa shape index (κ3) is 2.91. The first-order valence-electron chi connectivity index (χ1n) is 4.43. The van der Waals surface area contributed by atoms with Crippen LogP contribution in [0.15, 0.2) is 16.9 Å². The molecule has 1 heterocycles. The Labute approximate surface area is 73.6 Å². The molecule has 0 spiro atoms. The minimum atomic E-state index is -0.0116. The summed E-state index contributed by atoms with van der Waals surface area (Å²) in [6.45, 7) is 8.02. The van der Waals surface area contributed by atoms with E-state index in [0.717, 1.165) is 17.7 Å². The lowest BCUT2D eigenvalue weighted by molar-refractivity contribution is 0.986. The van der Waals surface area contributed by atoms with E-state index in [0.29, 0.717) is 0 Å². The van der Waals surface area contributed by atoms with Crippen molar-refractivity contribution in [3.63, 3.8) is 0 Å². The molecule has 0 fully saturated rings. The molecule has 0 aliphatic rings. The van der Waals surface area contributed by atoms with E-state index >= 15 is 0 Å². The van der Waals surface area contributed by atoms with E-state index in [4.69, 9.17) is 0 Å². The van der Waals surface area contributed by atoms with E-state index in [-0.39, 0.29) is 5.56 Å². The van der Waals surface area contributed by atoms with Crippen LogP contribution in [0, 0.1) is 6.92 Å². The second-order valence-corrected chi connectivity index (χ2v) is 2.34. The van der Waals surface area contributed by atoms with E-state index < -0.39 is 0 Å². The van der Waals surface area contributed by atoms with Crippen molar-refractivity contribution in [2.24, 2.45) is 0 Å². The fourth-order valence-electron chi connectivity index (χ4n) is 0.957. The van der Waals surface area contributed by atoms with Crippen molar-refractivity contribution >= 4 is 0 Å². The molecule has 2 heteroatoms. The zero-order valence-corrected chi connectivity index (χ0v) is 8.27. The molecule has 1 rings (SSSR count). The van der Waals surface area contributed by atoms with Gasteiger partial charge in [-0.2, -0.15) is 0 Å². The van der Waals surface area contributed by atoms with Gasteiger partial charge >= 0.3 is 0 Å². The highest BCUT2D eigenvalue weighted by atomic mass is 16.1. The van der Waals surface area contributed by atoms with Gasteiger partial charge in [-0.1, -0.05) is 26.8 Å². The molecule has 0 aliphatic carbocycles. The van der Waals surface area contributed by atoms with Gasteiger partial charge in [0.1, 0.15) is 0 Å². The van der Waals surface area contributed by atoms with Gasteiger partial charge in [0.15, 0.2) is 0 Å². The van der Waals surface area contributed by atoms with Gasteiger partial charge in [0.25, 0.3) is 0 Å². The number of H-pyrrole nitrogens is 1. The summed E-state index contributed by atoms with van der Waals surface area (Å²) in [4.78, 5) is 13.5. The molecular formula is C10H17NO. The Morgan fingerprint density at radius 1 is 1.33 bits per heavy atom. The summed E-state index contributed by atoms with van der Waals surface area (Å²) in [5.41, 5.74) is 2.18. The number of hydrogen-bond acceptors (Lipinski definition) is 1. The molecule has 0 bridgehead atoms. The van der Waals surface area contributed by atoms with Crippen LogP contribution < -0.4 is 5.56 Å². The van der Waals surface area contributed by atoms with Crippen molar-refractivity contribution < 1.29 is 0 Å². The second kappa shape index (κ2) is 5.58. The minimum Gasteiger partial charge on any atom is -0.326 e. The van der Waals surface area contributed by atoms with Crippen LogP contribution >= 0.6 is 0 Å². The molecule has 0 unspecified atom stereocenters. The number of aromatic nitrogens is 1. The highest BCUT2D eigenvalue weighted by molar-refractivity contribution is 5.17. The van der Waals surface area contributed by atoms with Crippen molar-refractivity contribution in [3.05, 3.63) is 33.7 Å². The van der Waals surface area contributed by atoms with Gasteiger partial charge in [-0.15, -0.1) is 0 Å². The Hall–Kier alpha value is -1.05. The molecule has 12 heavy (non-hydrogen) atoms. The zero-order valence-electron chi connectivity index (χ0n) is 8.27. The predicted molar refractivity (Wildman–Crippen MR) is 52.5 cm³/mol. The van der Waals surface area contributed by atoms with Crippen LogP contribution in [0.3, 0.4) is 0 Å². The van der Waals surface area contributed by atoms with Crippen LogP contribution in [0.4, 0.5) is 0 Å². The van der Waals surface area contributed by atoms with E-state index in [1.165, 1.54) is 0 Å². The van der Waals surface area contributed by atoms with Crippen molar-refractivity contribution in [1.82, 2.24) is 4.98 Å². The van der Waals surface area contributed by atoms with Crippen LogP contribution in [-0.2, 0) is 6.42 Å². The van der Waals surface area contributed by atoms with Crippen LogP contribution in [0.1, 0.15) is 32.0 Å². The van der Waals surface area contributed by atoms with Gasteiger partial charge in [-0.05, 0) is 18.9 Å². The van der Waals surface area contributed by atoms with Crippen molar-refractivity contribution in [2.45, 2.75) is 34.1 Å². The predicted octanol–water partition coefficient (Wildman–Crippen LogP) is 2.27. The normalized spacial score (nSPS) is 8.67. The third-order valence-corrected chi connectivity index (χ3v) is 1.59. The fourth-order valence-corrected chi connectivity index (χ4v) is 0.957. The van der Waals surface area contributed by atoms with Crippen molar-refractivity contribution in [2.75, 3.05) is 0 Å². The van der Waals surface area contributed by atoms with Crippen LogP contribution in [0.25, 0.3) is 0 Å². The summed E-state index contributed by atoms with van der Waals surface area (Å²) in [6, 6.07) is 3.40. The Morgan fingerprint density at radius 3 is 2.33 bits per heavy atom. The summed E-state index contributed by atoms with van der Waals surface area (Å²) < 4.78 is 0. The number of aryl methyl sites for hydroxylation is 2. The number of rotatable bonds is 1. The number of hydrogen-bond donors (Lipinski definition) is 1. The lowest BCUT2D eigenvalue weighted by atomic mass is 10.2. The molecule has 0 saturated carbocycles. The average molecular weight is 167 g/mol. The number of aromatic amines is 1. The quantitative estimate of drug-likeness (QED) is 0.683. The molecule has 0 aliphatic heterocycles. The summed E-state index contributed by atoms with van der Waals surface area (Å²) in [5, 5.41) is 0. The van der Waals surface area contributed by atoms with E-state index in [2.05, 4.69) is 4.98 Å². The zero-order chi connectivity index (χ0) is 9.56. The smallest absolute Gasteiger partial charge is 0.248 e. The number of nitrogens with one attached hydrogen (secondary N) is 1. The molecule has 0 amide bonds. The standard InChI is InChI=1S/C8H11NO.C2H6/c1-3-7-6(2)4-5-8(10)9-7;1-2/h4-5H,3H2,1-2H3,(H,9,10);1-2H3. The maximum absolute atomic E-state index is 10.7. The lowest BCUT2D eigenvalue weighted by Gasteiger charge is -1.98. The van der Waals surface area contributed by atoms with E-state index in [9.17, 15) is 4.79 Å². The SMILES string of the molecule is CC.CCc1[nH]c(=O)ccc1C. The van der Waals surface area contributed by atoms with Gasteiger partial charge < -0.3 is 4.98 Å². The van der Waals surface area contributed by atoms with Gasteiger partial charge in [-0.25, -0.2) is 0 Å². The Kier molecular flexibility index (Phi) is 5.09. The molecule has 1 aromatic heterocycles. The highest BCUT2D eigenvalue weighted by Crippen LogP contribution is 1.99. The third-order valence-electron chi connectivity index (χ3n) is 1.59. The first-order valence-corrected chi connectivity index (χ1v) is 4.43. The first-order chi connectivity index (χ1) is 5.74. The molecule has 68 valence electrons. The lowest BCUT2D eigenvalue weighted by Crippen LogP contribution is -2.07. The topological polar surface area (TPSA) is 32.9 Å². The van der Waals surface area contributed by atoms with Crippen molar-refractivity contribution in [1.29, 1.82) is 0 Å². The second-order valence-electron chi connectivity index (χ2n) is 2.34. The average Bonchev–Trinajstić information content (AvgIpc) is 2.13. The molecule has 1 aromatic rings. The van der Waals surface area contributed by atoms with Gasteiger partial charge in [0, 0.05) is 11.8 Å². The highest BCUT2D eigenvalue weighted by Gasteiger charge is 1.93. The van der Waals surface area contributed by atoms with Gasteiger partial charge in [0.05, 0.1) is 0 Å². The number of pyridine rings is 1. The largest absolute Gasteiger partial charge is 0.326 e. The van der Waals surface area contributed by atoms with Crippen LogP contribution in [-0.4, -0.2) is 4.98 Å². The van der Waals surface area contributed by atoms with Crippen molar-refractivity contribution in [3.8, 4) is 0 Å². The minimum absolute atomic E-state index is 0.0116. The monoisotopic (exact) mass is 167 g/mol. The van der Waals surface area contributed by atoms with Gasteiger partial charge in [-0.3, -0.25) is 4.79 Å². The van der Waals surface area contributed by atoms with E-state index in [1.807, 2.05) is 33.8 Å². The first kappa shape index (κ1) is 11.0. The molecule has 2 nitrogen and oxygen atoms in total. The van der Waals surface area contributed by atoms with E-state index in [1.54, 1.807) is 6.07 Å². The summed E-state index contributed by atoms with van der Waals surface area (Å²) in [6.07, 6.45) is 0.891. The van der Waals surface area contributed by atoms with Crippen LogP contribution in [0.5, 0.6) is 0 Å². The van der Waals surface area contributed by atoms with Crippen LogP contribution in [0.2, 0.25) is 0 Å². The summed E-state index contributed by atoms with van der Waals surface area (Å²) in [5.74, 6) is 0. The Balaban J connectivity index is 0.000000561. The molecule has 1 N–H and O–H groups in total. The molecular weight excluding hydrogens is 150 g/mol. The van der Waals surface area contributed by atoms with Gasteiger partial charge in [0.2, 0.25) is 5.56 Å².